The molecule has 0 unspecified atom stereocenters. The number of carbonyl (C=O) groups excluding carboxylic acids is 2. The Morgan fingerprint density at radius 1 is 0.957 bits per heavy atom. The van der Waals surface area contributed by atoms with Crippen LogP contribution in [0.4, 0.5) is 11.4 Å². The first kappa shape index (κ1) is 17.1. The summed E-state index contributed by atoms with van der Waals surface area (Å²) in [5.74, 6) is -0.397. The molecule has 0 bridgehead atoms. The van der Waals surface area contributed by atoms with E-state index in [1.54, 1.807) is 49.5 Å². The molecule has 7 heteroatoms. The Labute approximate surface area is 144 Å². The first-order chi connectivity index (χ1) is 11.0. The predicted octanol–water partition coefficient (Wildman–Crippen LogP) is 3.40. The van der Waals surface area contributed by atoms with Gasteiger partial charge in [-0.25, -0.2) is 0 Å². The number of benzene rings is 2. The second kappa shape index (κ2) is 7.85. The molecule has 0 spiro atoms. The average Bonchev–Trinajstić information content (AvgIpc) is 2.51. The summed E-state index contributed by atoms with van der Waals surface area (Å²) in [5, 5.41) is 9.11. The predicted molar refractivity (Wildman–Crippen MR) is 93.4 cm³/mol. The van der Waals surface area contributed by atoms with Crippen molar-refractivity contribution in [2.45, 2.75) is 0 Å². The van der Waals surface area contributed by atoms with E-state index in [-0.39, 0.29) is 18.4 Å². The molecule has 2 amide bonds. The number of hydrogen-bond donors (Lipinski definition) is 3. The van der Waals surface area contributed by atoms with Crippen LogP contribution in [0.2, 0.25) is 10.0 Å². The number of amides is 2. The zero-order chi connectivity index (χ0) is 16.8. The molecule has 0 aliphatic heterocycles. The van der Waals surface area contributed by atoms with Gasteiger partial charge in [0.25, 0.3) is 5.91 Å². The SMILES string of the molecule is CNC(=O)c1ccc(NCC(=O)Nc2cc(Cl)cc(Cl)c2)cc1. The van der Waals surface area contributed by atoms with E-state index in [4.69, 9.17) is 23.2 Å². The molecular formula is C16H15Cl2N3O2. The molecule has 0 saturated heterocycles. The van der Waals surface area contributed by atoms with Crippen molar-refractivity contribution in [1.29, 1.82) is 0 Å². The van der Waals surface area contributed by atoms with Crippen LogP contribution in [-0.4, -0.2) is 25.4 Å². The van der Waals surface area contributed by atoms with Gasteiger partial charge in [0.15, 0.2) is 0 Å². The third-order valence-electron chi connectivity index (χ3n) is 2.97. The van der Waals surface area contributed by atoms with E-state index in [1.165, 1.54) is 0 Å². The largest absolute Gasteiger partial charge is 0.376 e. The summed E-state index contributed by atoms with van der Waals surface area (Å²) in [6, 6.07) is 11.6. The summed E-state index contributed by atoms with van der Waals surface area (Å²) in [6.45, 7) is 0.0729. The van der Waals surface area contributed by atoms with Gasteiger partial charge >= 0.3 is 0 Å². The average molecular weight is 352 g/mol. The highest BCUT2D eigenvalue weighted by atomic mass is 35.5. The van der Waals surface area contributed by atoms with Gasteiger partial charge in [-0.2, -0.15) is 0 Å². The van der Waals surface area contributed by atoms with E-state index in [2.05, 4.69) is 16.0 Å². The lowest BCUT2D eigenvalue weighted by Crippen LogP contribution is -2.22. The number of anilines is 2. The van der Waals surface area contributed by atoms with E-state index in [0.29, 0.717) is 21.3 Å². The number of halogens is 2. The first-order valence-electron chi connectivity index (χ1n) is 6.80. The van der Waals surface area contributed by atoms with Crippen molar-refractivity contribution < 1.29 is 9.59 Å². The molecule has 2 rings (SSSR count). The Morgan fingerprint density at radius 2 is 1.57 bits per heavy atom. The molecule has 2 aromatic rings. The smallest absolute Gasteiger partial charge is 0.251 e. The third kappa shape index (κ3) is 5.16. The highest BCUT2D eigenvalue weighted by molar-refractivity contribution is 6.35. The summed E-state index contributed by atoms with van der Waals surface area (Å²) in [6.07, 6.45) is 0. The molecule has 0 saturated carbocycles. The van der Waals surface area contributed by atoms with E-state index >= 15 is 0 Å². The van der Waals surface area contributed by atoms with Gasteiger partial charge in [-0.1, -0.05) is 23.2 Å². The van der Waals surface area contributed by atoms with Gasteiger partial charge < -0.3 is 16.0 Å². The zero-order valence-electron chi connectivity index (χ0n) is 12.3. The Hall–Kier alpha value is -2.24. The van der Waals surface area contributed by atoms with Crippen molar-refractivity contribution in [2.75, 3.05) is 24.2 Å². The molecule has 0 radical (unpaired) electrons. The van der Waals surface area contributed by atoms with Gasteiger partial charge in [-0.3, -0.25) is 9.59 Å². The lowest BCUT2D eigenvalue weighted by Gasteiger charge is -2.09. The number of carbonyl (C=O) groups is 2. The second-order valence-electron chi connectivity index (χ2n) is 4.72. The molecule has 23 heavy (non-hydrogen) atoms. The minimum Gasteiger partial charge on any atom is -0.376 e. The fourth-order valence-corrected chi connectivity index (χ4v) is 2.42. The Morgan fingerprint density at radius 3 is 2.13 bits per heavy atom. The Balaban J connectivity index is 1.90. The van der Waals surface area contributed by atoms with Gasteiger partial charge in [-0.15, -0.1) is 0 Å². The van der Waals surface area contributed by atoms with Crippen molar-refractivity contribution in [2.24, 2.45) is 0 Å². The normalized spacial score (nSPS) is 10.0. The van der Waals surface area contributed by atoms with E-state index in [0.717, 1.165) is 5.69 Å². The molecular weight excluding hydrogens is 337 g/mol. The molecule has 3 N–H and O–H groups in total. The summed E-state index contributed by atoms with van der Waals surface area (Å²) in [5.41, 5.74) is 1.82. The van der Waals surface area contributed by atoms with Crippen molar-refractivity contribution in [1.82, 2.24) is 5.32 Å². The zero-order valence-corrected chi connectivity index (χ0v) is 13.8. The maximum Gasteiger partial charge on any atom is 0.251 e. The molecule has 0 aliphatic carbocycles. The van der Waals surface area contributed by atoms with Crippen molar-refractivity contribution in [3.05, 3.63) is 58.1 Å². The Kier molecular flexibility index (Phi) is 5.84. The minimum atomic E-state index is -0.237. The van der Waals surface area contributed by atoms with E-state index in [9.17, 15) is 9.59 Å². The summed E-state index contributed by atoms with van der Waals surface area (Å²) in [4.78, 5) is 23.3. The molecule has 2 aromatic carbocycles. The number of rotatable bonds is 5. The maximum absolute atomic E-state index is 11.9. The van der Waals surface area contributed by atoms with Gasteiger partial charge in [-0.05, 0) is 42.5 Å². The van der Waals surface area contributed by atoms with Crippen LogP contribution in [0.5, 0.6) is 0 Å². The monoisotopic (exact) mass is 351 g/mol. The highest BCUT2D eigenvalue weighted by Gasteiger charge is 2.06. The third-order valence-corrected chi connectivity index (χ3v) is 3.41. The fraction of sp³-hybridized carbons (Fsp3) is 0.125. The van der Waals surface area contributed by atoms with Crippen LogP contribution >= 0.6 is 23.2 Å². The van der Waals surface area contributed by atoms with Crippen LogP contribution in [0, 0.1) is 0 Å². The summed E-state index contributed by atoms with van der Waals surface area (Å²) < 4.78 is 0. The standard InChI is InChI=1S/C16H15Cl2N3O2/c1-19-16(23)10-2-4-13(5-3-10)20-9-15(22)21-14-7-11(17)6-12(18)8-14/h2-8,20H,9H2,1H3,(H,19,23)(H,21,22). The molecule has 120 valence electrons. The highest BCUT2D eigenvalue weighted by Crippen LogP contribution is 2.22. The molecule has 0 atom stereocenters. The van der Waals surface area contributed by atoms with Gasteiger partial charge in [0.05, 0.1) is 6.54 Å². The fourth-order valence-electron chi connectivity index (χ4n) is 1.90. The maximum atomic E-state index is 11.9. The minimum absolute atomic E-state index is 0.0729. The van der Waals surface area contributed by atoms with Crippen molar-refractivity contribution >= 4 is 46.4 Å². The van der Waals surface area contributed by atoms with Crippen LogP contribution in [0.25, 0.3) is 0 Å². The number of nitrogens with one attached hydrogen (secondary N) is 3. The van der Waals surface area contributed by atoms with E-state index in [1.807, 2.05) is 0 Å². The molecule has 0 fully saturated rings. The van der Waals surface area contributed by atoms with Crippen molar-refractivity contribution in [3.63, 3.8) is 0 Å². The van der Waals surface area contributed by atoms with Crippen LogP contribution in [0.1, 0.15) is 10.4 Å². The van der Waals surface area contributed by atoms with Gasteiger partial charge in [0, 0.05) is 34.0 Å². The lowest BCUT2D eigenvalue weighted by molar-refractivity contribution is -0.114. The Bertz CT molecular complexity index is 698. The van der Waals surface area contributed by atoms with E-state index < -0.39 is 0 Å². The van der Waals surface area contributed by atoms with Gasteiger partial charge in [0.1, 0.15) is 0 Å². The van der Waals surface area contributed by atoms with Crippen LogP contribution < -0.4 is 16.0 Å². The number of hydrogen-bond acceptors (Lipinski definition) is 3. The summed E-state index contributed by atoms with van der Waals surface area (Å²) in [7, 11) is 1.57. The van der Waals surface area contributed by atoms with Crippen LogP contribution in [0.3, 0.4) is 0 Å². The molecule has 0 aromatic heterocycles. The molecule has 5 nitrogen and oxygen atoms in total. The van der Waals surface area contributed by atoms with Crippen LogP contribution in [-0.2, 0) is 4.79 Å². The summed E-state index contributed by atoms with van der Waals surface area (Å²) >= 11 is 11.7. The second-order valence-corrected chi connectivity index (χ2v) is 5.59. The molecule has 0 aliphatic rings. The van der Waals surface area contributed by atoms with Gasteiger partial charge in [0.2, 0.25) is 5.91 Å². The van der Waals surface area contributed by atoms with Crippen LogP contribution in [0.15, 0.2) is 42.5 Å². The van der Waals surface area contributed by atoms with Crippen molar-refractivity contribution in [3.8, 4) is 0 Å². The molecule has 0 heterocycles. The first-order valence-corrected chi connectivity index (χ1v) is 7.55. The quantitative estimate of drug-likeness (QED) is 0.772. The lowest BCUT2D eigenvalue weighted by atomic mass is 10.2. The topological polar surface area (TPSA) is 70.2 Å².